The van der Waals surface area contributed by atoms with E-state index in [1.165, 1.54) is 0 Å². The van der Waals surface area contributed by atoms with Crippen molar-refractivity contribution in [3.63, 3.8) is 0 Å². The summed E-state index contributed by atoms with van der Waals surface area (Å²) in [4.78, 5) is 29.3. The molecule has 0 saturated carbocycles. The first-order valence-electron chi connectivity index (χ1n) is 15.7. The maximum Gasteiger partial charge on any atom is 0.471 e. The number of carbonyl (C=O) groups is 2. The molecule has 3 heterocycles. The zero-order valence-corrected chi connectivity index (χ0v) is 27.6. The molecule has 2 aliphatic heterocycles. The lowest BCUT2D eigenvalue weighted by molar-refractivity contribution is -0.252. The highest BCUT2D eigenvalue weighted by Crippen LogP contribution is 2.40. The van der Waals surface area contributed by atoms with Crippen LogP contribution in [-0.2, 0) is 38.8 Å². The third-order valence-electron chi connectivity index (χ3n) is 8.69. The second-order valence-electron chi connectivity index (χ2n) is 12.0. The van der Waals surface area contributed by atoms with Crippen LogP contribution in [0.1, 0.15) is 53.9 Å². The van der Waals surface area contributed by atoms with E-state index in [2.05, 4.69) is 10.3 Å². The Morgan fingerprint density at radius 1 is 0.959 bits per heavy atom. The largest absolute Gasteiger partial charge is 0.471 e. The van der Waals surface area contributed by atoms with Crippen LogP contribution in [0.3, 0.4) is 0 Å². The number of ether oxygens (including phenoxy) is 2. The Labute approximate surface area is 290 Å². The van der Waals surface area contributed by atoms with Crippen molar-refractivity contribution in [2.24, 2.45) is 0 Å². The summed E-state index contributed by atoms with van der Waals surface area (Å²) in [5.74, 6) is -2.62. The molecule has 6 rings (SSSR count). The van der Waals surface area contributed by atoms with Gasteiger partial charge in [-0.2, -0.15) is 13.2 Å². The number of rotatable bonds is 9. The molecule has 2 aliphatic rings. The van der Waals surface area contributed by atoms with Crippen LogP contribution >= 0.6 is 23.2 Å². The van der Waals surface area contributed by atoms with Gasteiger partial charge in [0, 0.05) is 25.1 Å². The average molecular weight is 718 g/mol. The maximum atomic E-state index is 13.0. The van der Waals surface area contributed by atoms with Crippen molar-refractivity contribution in [1.82, 2.24) is 19.8 Å². The van der Waals surface area contributed by atoms with Crippen LogP contribution in [0.25, 0.3) is 11.1 Å². The smallest absolute Gasteiger partial charge is 0.392 e. The van der Waals surface area contributed by atoms with Crippen molar-refractivity contribution in [3.05, 3.63) is 112 Å². The van der Waals surface area contributed by atoms with E-state index in [1.807, 2.05) is 66.7 Å². The van der Waals surface area contributed by atoms with Gasteiger partial charge in [-0.3, -0.25) is 9.59 Å². The number of aromatic nitrogens is 2. The highest BCUT2D eigenvalue weighted by atomic mass is 35.5. The molecule has 258 valence electrons. The number of nitrogens with one attached hydrogen (secondary N) is 1. The van der Waals surface area contributed by atoms with Gasteiger partial charge in [0.15, 0.2) is 11.4 Å². The quantitative estimate of drug-likeness (QED) is 0.198. The van der Waals surface area contributed by atoms with E-state index in [0.29, 0.717) is 29.4 Å². The fourth-order valence-electron chi connectivity index (χ4n) is 6.20. The van der Waals surface area contributed by atoms with Gasteiger partial charge in [0.2, 0.25) is 5.91 Å². The first-order chi connectivity index (χ1) is 23.5. The Morgan fingerprint density at radius 3 is 2.39 bits per heavy atom. The zero-order valence-electron chi connectivity index (χ0n) is 26.1. The third-order valence-corrected chi connectivity index (χ3v) is 9.46. The van der Waals surface area contributed by atoms with E-state index in [4.69, 9.17) is 32.7 Å². The van der Waals surface area contributed by atoms with E-state index in [0.717, 1.165) is 33.4 Å². The average Bonchev–Trinajstić information content (AvgIpc) is 3.73. The van der Waals surface area contributed by atoms with Gasteiger partial charge in [-0.05, 0) is 52.8 Å². The van der Waals surface area contributed by atoms with Crippen LogP contribution in [-0.4, -0.2) is 56.2 Å². The molecule has 4 unspecified atom stereocenters. The predicted octanol–water partition coefficient (Wildman–Crippen LogP) is 6.76. The van der Waals surface area contributed by atoms with Crippen LogP contribution in [0.4, 0.5) is 13.2 Å². The van der Waals surface area contributed by atoms with E-state index >= 15 is 0 Å². The van der Waals surface area contributed by atoms with E-state index in [1.54, 1.807) is 17.0 Å². The number of aliphatic hydroxyl groups is 1. The lowest BCUT2D eigenvalue weighted by atomic mass is 9.98. The van der Waals surface area contributed by atoms with Crippen molar-refractivity contribution >= 4 is 35.0 Å². The van der Waals surface area contributed by atoms with Gasteiger partial charge in [-0.15, -0.1) is 0 Å². The van der Waals surface area contributed by atoms with Crippen molar-refractivity contribution in [2.75, 3.05) is 6.54 Å². The highest BCUT2D eigenvalue weighted by Gasteiger charge is 2.47. The number of nitrogens with zero attached hydrogens (tertiary/aromatic N) is 3. The molecular weight excluding hydrogens is 684 g/mol. The number of benzene rings is 3. The Hall–Kier alpha value is -3.94. The van der Waals surface area contributed by atoms with E-state index in [9.17, 15) is 27.9 Å². The Balaban J connectivity index is 1.18. The minimum Gasteiger partial charge on any atom is -0.392 e. The number of imidazole rings is 1. The molecule has 2 N–H and O–H groups in total. The number of hydrogen-bond acceptors (Lipinski definition) is 6. The van der Waals surface area contributed by atoms with Crippen molar-refractivity contribution < 1.29 is 37.3 Å². The lowest BCUT2D eigenvalue weighted by Gasteiger charge is -2.36. The number of hydrogen-bond donors (Lipinski definition) is 2. The molecule has 0 radical (unpaired) electrons. The molecule has 49 heavy (non-hydrogen) atoms. The van der Waals surface area contributed by atoms with Crippen molar-refractivity contribution in [1.29, 1.82) is 0 Å². The van der Waals surface area contributed by atoms with Gasteiger partial charge >= 0.3 is 12.1 Å². The monoisotopic (exact) mass is 716 g/mol. The Morgan fingerprint density at radius 2 is 1.69 bits per heavy atom. The first-order valence-corrected chi connectivity index (χ1v) is 16.5. The number of alkyl halides is 3. The van der Waals surface area contributed by atoms with Gasteiger partial charge in [0.1, 0.15) is 11.2 Å². The number of halogens is 5. The molecule has 0 spiro atoms. The summed E-state index contributed by atoms with van der Waals surface area (Å²) < 4.78 is 53.8. The second kappa shape index (κ2) is 14.9. The SMILES string of the molecule is O=C(NCc1cccc(-c2cccc(C3OC(Cn4cnc(Cl)c4Cl)CC(c4ccc(CO)cc4)O3)c2)c1)C1CCCN1C(=O)C(F)(F)F. The van der Waals surface area contributed by atoms with Crippen LogP contribution < -0.4 is 5.32 Å². The molecular formula is C35H33Cl2F3N4O5. The number of aliphatic hydroxyl groups excluding tert-OH is 1. The van der Waals surface area contributed by atoms with Gasteiger partial charge in [-0.25, -0.2) is 4.98 Å². The Kier molecular flexibility index (Phi) is 10.6. The summed E-state index contributed by atoms with van der Waals surface area (Å²) in [7, 11) is 0. The normalized spacial score (nSPS) is 21.1. The minimum absolute atomic E-state index is 0.0670. The fraction of sp³-hybridized carbons (Fsp3) is 0.343. The highest BCUT2D eigenvalue weighted by molar-refractivity contribution is 6.40. The van der Waals surface area contributed by atoms with E-state index < -0.39 is 30.3 Å². The lowest BCUT2D eigenvalue weighted by Crippen LogP contribution is -2.50. The fourth-order valence-corrected chi connectivity index (χ4v) is 6.51. The number of amides is 2. The summed E-state index contributed by atoms with van der Waals surface area (Å²) in [5.41, 5.74) is 4.91. The third kappa shape index (κ3) is 8.11. The van der Waals surface area contributed by atoms with Crippen LogP contribution in [0, 0.1) is 0 Å². The summed E-state index contributed by atoms with van der Waals surface area (Å²) in [6.07, 6.45) is -3.84. The minimum atomic E-state index is -5.03. The van der Waals surface area contributed by atoms with Crippen LogP contribution in [0.5, 0.6) is 0 Å². The standard InChI is InChI=1S/C35H33Cl2F3N4O5/c36-30-31(37)43(20-42-30)18-27-16-29(23-11-9-21(19-45)10-12-23)49-33(48-27)26-7-2-6-25(15-26)24-5-1-4-22(14-24)17-41-32(46)28-8-3-13-44(28)34(47)35(38,39)40/h1-2,4-7,9-12,14-15,20,27-29,33,45H,3,8,13,16-19H2,(H,41,46). The number of likely N-dealkylation sites (tertiary alicyclic amines) is 1. The molecule has 4 atom stereocenters. The number of carbonyl (C=O) groups excluding carboxylic acids is 2. The molecule has 0 aliphatic carbocycles. The molecule has 0 bridgehead atoms. The van der Waals surface area contributed by atoms with Crippen LogP contribution in [0.15, 0.2) is 79.1 Å². The second-order valence-corrected chi connectivity index (χ2v) is 12.7. The van der Waals surface area contributed by atoms with Gasteiger partial charge in [-0.1, -0.05) is 83.9 Å². The zero-order chi connectivity index (χ0) is 34.7. The molecule has 4 aromatic rings. The summed E-state index contributed by atoms with van der Waals surface area (Å²) >= 11 is 12.4. The first kappa shape index (κ1) is 34.9. The molecule has 3 aromatic carbocycles. The molecule has 1 aromatic heterocycles. The van der Waals surface area contributed by atoms with Gasteiger partial charge in [0.25, 0.3) is 0 Å². The molecule has 2 fully saturated rings. The molecule has 9 nitrogen and oxygen atoms in total. The summed E-state index contributed by atoms with van der Waals surface area (Å²) in [6.45, 7) is 0.285. The molecule has 14 heteroatoms. The maximum absolute atomic E-state index is 13.0. The molecule has 2 amide bonds. The Bertz CT molecular complexity index is 1800. The van der Waals surface area contributed by atoms with Crippen LogP contribution in [0.2, 0.25) is 10.3 Å². The van der Waals surface area contributed by atoms with Gasteiger partial charge < -0.3 is 29.4 Å². The predicted molar refractivity (Wildman–Crippen MR) is 175 cm³/mol. The molecule has 2 saturated heterocycles. The van der Waals surface area contributed by atoms with Crippen molar-refractivity contribution in [3.8, 4) is 11.1 Å². The topological polar surface area (TPSA) is 106 Å². The summed E-state index contributed by atoms with van der Waals surface area (Å²) in [5, 5.41) is 12.7. The summed E-state index contributed by atoms with van der Waals surface area (Å²) in [6, 6.07) is 21.5. The van der Waals surface area contributed by atoms with E-state index in [-0.39, 0.29) is 43.5 Å². The van der Waals surface area contributed by atoms with Gasteiger partial charge in [0.05, 0.1) is 31.7 Å². The van der Waals surface area contributed by atoms with Crippen molar-refractivity contribution in [2.45, 2.75) is 69.7 Å².